The first-order valence-corrected chi connectivity index (χ1v) is 14.7. The van der Waals surface area contributed by atoms with Crippen molar-refractivity contribution in [3.05, 3.63) is 157 Å². The van der Waals surface area contributed by atoms with Crippen LogP contribution in [0.5, 0.6) is 0 Å². The van der Waals surface area contributed by atoms with Crippen molar-refractivity contribution in [1.29, 1.82) is 0 Å². The Labute approximate surface area is 257 Å². The number of rotatable bonds is 6. The van der Waals surface area contributed by atoms with E-state index in [1.165, 1.54) is 0 Å². The minimum Gasteiger partial charge on any atom is -0.256 e. The molecule has 4 heteroatoms. The average molecular weight is 567 g/mol. The molecule has 0 aliphatic heterocycles. The summed E-state index contributed by atoms with van der Waals surface area (Å²) in [6.07, 6.45) is 3.69. The summed E-state index contributed by atoms with van der Waals surface area (Å²) in [6, 6.07) is 46.2. The molecule has 0 saturated carbocycles. The second kappa shape index (κ2) is 11.9. The second-order valence-electron chi connectivity index (χ2n) is 10.9. The van der Waals surface area contributed by atoms with Crippen LogP contribution in [0.2, 0.25) is 0 Å². The van der Waals surface area contributed by atoms with Gasteiger partial charge in [0.15, 0.2) is 0 Å². The molecule has 0 radical (unpaired) electrons. The molecule has 4 heterocycles. The Hall–Kier alpha value is -5.74. The molecule has 44 heavy (non-hydrogen) atoms. The first kappa shape index (κ1) is 27.1. The summed E-state index contributed by atoms with van der Waals surface area (Å²) in [5.41, 5.74) is 14.5. The Balaban J connectivity index is 1.41. The Kier molecular flexibility index (Phi) is 7.31. The van der Waals surface area contributed by atoms with E-state index in [9.17, 15) is 0 Å². The number of pyridine rings is 4. The van der Waals surface area contributed by atoms with E-state index in [1.54, 1.807) is 0 Å². The van der Waals surface area contributed by atoms with E-state index in [0.717, 1.165) is 78.7 Å². The van der Waals surface area contributed by atoms with E-state index in [0.29, 0.717) is 0 Å². The Bertz CT molecular complexity index is 1900. The highest BCUT2D eigenvalue weighted by Gasteiger charge is 2.18. The molecule has 0 spiro atoms. The normalized spacial score (nSPS) is 11.0. The maximum absolute atomic E-state index is 4.76. The molecule has 4 aromatic heterocycles. The lowest BCUT2D eigenvalue weighted by Gasteiger charge is -2.18. The fourth-order valence-corrected chi connectivity index (χ4v) is 5.59. The minimum absolute atomic E-state index is 0.913. The molecule has 0 bridgehead atoms. The molecule has 0 amide bonds. The molecule has 0 saturated heterocycles. The zero-order valence-electron chi connectivity index (χ0n) is 24.6. The van der Waals surface area contributed by atoms with Gasteiger partial charge in [-0.2, -0.15) is 0 Å². The number of hydrogen-bond donors (Lipinski definition) is 0. The molecule has 0 fully saturated rings. The lowest BCUT2D eigenvalue weighted by Crippen LogP contribution is -1.95. The van der Waals surface area contributed by atoms with Crippen LogP contribution in [0.1, 0.15) is 11.4 Å². The maximum atomic E-state index is 4.76. The van der Waals surface area contributed by atoms with Crippen molar-refractivity contribution in [2.24, 2.45) is 0 Å². The molecule has 0 aliphatic carbocycles. The van der Waals surface area contributed by atoms with Gasteiger partial charge in [0, 0.05) is 46.0 Å². The van der Waals surface area contributed by atoms with Crippen molar-refractivity contribution < 1.29 is 0 Å². The smallest absolute Gasteiger partial charge is 0.0708 e. The standard InChI is InChI=1S/C40H30N4/c1-27-9-7-13-37(43-27)31-19-15-29(16-20-31)33-25-34(30-17-21-32(22-18-30)38-14-8-10-28(2)44-38)36(40-12-4-6-24-42-40)26-35(33)39-11-3-5-23-41-39/h3-26H,1-2H3. The third kappa shape index (κ3) is 5.53. The summed E-state index contributed by atoms with van der Waals surface area (Å²) in [4.78, 5) is 19.0. The lowest BCUT2D eigenvalue weighted by molar-refractivity contribution is 1.20. The molecule has 0 aliphatic rings. The summed E-state index contributed by atoms with van der Waals surface area (Å²) in [6.45, 7) is 4.04. The number of aromatic nitrogens is 4. The van der Waals surface area contributed by atoms with Crippen molar-refractivity contribution >= 4 is 0 Å². The van der Waals surface area contributed by atoms with Gasteiger partial charge in [-0.05, 0) is 96.8 Å². The van der Waals surface area contributed by atoms with Crippen molar-refractivity contribution in [2.45, 2.75) is 13.8 Å². The topological polar surface area (TPSA) is 51.6 Å². The molecule has 7 aromatic rings. The first-order chi connectivity index (χ1) is 21.6. The van der Waals surface area contributed by atoms with Gasteiger partial charge in [-0.3, -0.25) is 19.9 Å². The first-order valence-electron chi connectivity index (χ1n) is 14.7. The van der Waals surface area contributed by atoms with Gasteiger partial charge < -0.3 is 0 Å². The highest BCUT2D eigenvalue weighted by molar-refractivity contribution is 5.94. The fourth-order valence-electron chi connectivity index (χ4n) is 5.59. The van der Waals surface area contributed by atoms with E-state index < -0.39 is 0 Å². The summed E-state index contributed by atoms with van der Waals surface area (Å²) < 4.78 is 0. The van der Waals surface area contributed by atoms with E-state index in [1.807, 2.05) is 74.8 Å². The molecule has 3 aromatic carbocycles. The predicted octanol–water partition coefficient (Wildman–Crippen LogP) is 9.89. The summed E-state index contributed by atoms with van der Waals surface area (Å²) >= 11 is 0. The molecular formula is C40H30N4. The third-order valence-corrected chi connectivity index (χ3v) is 7.80. The van der Waals surface area contributed by atoms with Gasteiger partial charge in [0.05, 0.1) is 22.8 Å². The molecule has 0 N–H and O–H groups in total. The van der Waals surface area contributed by atoms with Crippen LogP contribution < -0.4 is 0 Å². The number of hydrogen-bond acceptors (Lipinski definition) is 4. The van der Waals surface area contributed by atoms with Crippen molar-refractivity contribution in [1.82, 2.24) is 19.9 Å². The van der Waals surface area contributed by atoms with Gasteiger partial charge >= 0.3 is 0 Å². The molecule has 0 unspecified atom stereocenters. The van der Waals surface area contributed by atoms with E-state index in [-0.39, 0.29) is 0 Å². The van der Waals surface area contributed by atoms with Crippen LogP contribution in [0.3, 0.4) is 0 Å². The van der Waals surface area contributed by atoms with E-state index in [4.69, 9.17) is 19.9 Å². The lowest BCUT2D eigenvalue weighted by atomic mass is 9.87. The minimum atomic E-state index is 0.913. The van der Waals surface area contributed by atoms with Crippen LogP contribution in [0.15, 0.2) is 146 Å². The predicted molar refractivity (Wildman–Crippen MR) is 180 cm³/mol. The highest BCUT2D eigenvalue weighted by Crippen LogP contribution is 2.41. The van der Waals surface area contributed by atoms with Gasteiger partial charge in [-0.1, -0.05) is 72.8 Å². The van der Waals surface area contributed by atoms with Crippen LogP contribution in [0, 0.1) is 13.8 Å². The van der Waals surface area contributed by atoms with Crippen LogP contribution in [0.25, 0.3) is 67.3 Å². The summed E-state index contributed by atoms with van der Waals surface area (Å²) in [5.74, 6) is 0. The zero-order valence-corrected chi connectivity index (χ0v) is 24.6. The SMILES string of the molecule is Cc1cccc(-c2ccc(-c3cc(-c4ccc(-c5cccc(C)n5)cc4)c(-c4ccccn4)cc3-c3ccccn3)cc2)n1. The fraction of sp³-hybridized carbons (Fsp3) is 0.0500. The molecular weight excluding hydrogens is 536 g/mol. The monoisotopic (exact) mass is 566 g/mol. The van der Waals surface area contributed by atoms with Gasteiger partial charge in [0.1, 0.15) is 0 Å². The summed E-state index contributed by atoms with van der Waals surface area (Å²) in [7, 11) is 0. The largest absolute Gasteiger partial charge is 0.256 e. The Morgan fingerprint density at radius 1 is 0.341 bits per heavy atom. The van der Waals surface area contributed by atoms with Crippen LogP contribution in [-0.4, -0.2) is 19.9 Å². The summed E-state index contributed by atoms with van der Waals surface area (Å²) in [5, 5.41) is 0. The van der Waals surface area contributed by atoms with Gasteiger partial charge in [0.2, 0.25) is 0 Å². The quantitative estimate of drug-likeness (QED) is 0.201. The van der Waals surface area contributed by atoms with E-state index >= 15 is 0 Å². The number of aryl methyl sites for hydroxylation is 2. The molecule has 0 atom stereocenters. The Morgan fingerprint density at radius 3 is 1.11 bits per heavy atom. The molecule has 4 nitrogen and oxygen atoms in total. The van der Waals surface area contributed by atoms with E-state index in [2.05, 4.69) is 84.9 Å². The second-order valence-corrected chi connectivity index (χ2v) is 10.9. The van der Waals surface area contributed by atoms with Crippen molar-refractivity contribution in [3.8, 4) is 67.3 Å². The zero-order chi connectivity index (χ0) is 29.9. The van der Waals surface area contributed by atoms with Gasteiger partial charge in [-0.25, -0.2) is 0 Å². The molecule has 210 valence electrons. The number of benzene rings is 3. The van der Waals surface area contributed by atoms with Crippen LogP contribution >= 0.6 is 0 Å². The Morgan fingerprint density at radius 2 is 0.727 bits per heavy atom. The average Bonchev–Trinajstić information content (AvgIpc) is 3.09. The van der Waals surface area contributed by atoms with Crippen molar-refractivity contribution in [2.75, 3.05) is 0 Å². The highest BCUT2D eigenvalue weighted by atomic mass is 14.7. The molecule has 7 rings (SSSR count). The van der Waals surface area contributed by atoms with Crippen molar-refractivity contribution in [3.63, 3.8) is 0 Å². The van der Waals surface area contributed by atoms with Crippen LogP contribution in [0.4, 0.5) is 0 Å². The van der Waals surface area contributed by atoms with Crippen LogP contribution in [-0.2, 0) is 0 Å². The van der Waals surface area contributed by atoms with Gasteiger partial charge in [0.25, 0.3) is 0 Å². The maximum Gasteiger partial charge on any atom is 0.0708 e. The third-order valence-electron chi connectivity index (χ3n) is 7.80. The number of nitrogens with zero attached hydrogens (tertiary/aromatic N) is 4. The van der Waals surface area contributed by atoms with Gasteiger partial charge in [-0.15, -0.1) is 0 Å².